The van der Waals surface area contributed by atoms with E-state index in [9.17, 15) is 5.26 Å². The van der Waals surface area contributed by atoms with E-state index in [0.29, 0.717) is 5.56 Å². The zero-order chi connectivity index (χ0) is 20.0. The number of fused-ring (bicyclic) bond motifs is 3. The first kappa shape index (κ1) is 17.3. The first-order chi connectivity index (χ1) is 14.2. The highest BCUT2D eigenvalue weighted by molar-refractivity contribution is 6.10. The molecular formula is C27H20N2. The number of rotatable bonds is 2. The third-order valence-electron chi connectivity index (χ3n) is 5.53. The van der Waals surface area contributed by atoms with Crippen molar-refractivity contribution in [2.75, 3.05) is 0 Å². The maximum absolute atomic E-state index is 9.56. The average Bonchev–Trinajstić information content (AvgIpc) is 3.06. The van der Waals surface area contributed by atoms with E-state index < -0.39 is 0 Å². The molecule has 0 aliphatic rings. The number of benzene rings is 4. The molecule has 5 rings (SSSR count). The van der Waals surface area contributed by atoms with Crippen molar-refractivity contribution < 1.29 is 0 Å². The number of aryl methyl sites for hydroxylation is 2. The number of hydrogen-bond acceptors (Lipinski definition) is 1. The van der Waals surface area contributed by atoms with Crippen molar-refractivity contribution in [1.82, 2.24) is 4.57 Å². The Labute approximate surface area is 170 Å². The normalized spacial score (nSPS) is 11.1. The summed E-state index contributed by atoms with van der Waals surface area (Å²) in [6.45, 7) is 4.26. The standard InChI is InChI=1S/C27H20N2/c1-18-8-12-25-23(14-18)24-15-19(2)9-13-26(24)29(25)27-16-20(17-28)10-11-22(27)21-6-4-3-5-7-21/h3-16H,1-2H3. The molecule has 138 valence electrons. The molecule has 0 amide bonds. The summed E-state index contributed by atoms with van der Waals surface area (Å²) in [5, 5.41) is 12.0. The lowest BCUT2D eigenvalue weighted by atomic mass is 10.0. The third kappa shape index (κ3) is 2.80. The molecule has 2 nitrogen and oxygen atoms in total. The van der Waals surface area contributed by atoms with Crippen molar-refractivity contribution in [3.05, 3.63) is 102 Å². The molecule has 29 heavy (non-hydrogen) atoms. The fourth-order valence-corrected chi connectivity index (χ4v) is 4.16. The van der Waals surface area contributed by atoms with Crippen molar-refractivity contribution in [2.24, 2.45) is 0 Å². The van der Waals surface area contributed by atoms with Crippen LogP contribution in [0.2, 0.25) is 0 Å². The summed E-state index contributed by atoms with van der Waals surface area (Å²) in [6, 6.07) is 31.8. The van der Waals surface area contributed by atoms with Crippen LogP contribution in [0.5, 0.6) is 0 Å². The first-order valence-corrected chi connectivity index (χ1v) is 9.77. The maximum atomic E-state index is 9.56. The van der Waals surface area contributed by atoms with Crippen molar-refractivity contribution in [3.63, 3.8) is 0 Å². The maximum Gasteiger partial charge on any atom is 0.0992 e. The summed E-state index contributed by atoms with van der Waals surface area (Å²) < 4.78 is 2.30. The van der Waals surface area contributed by atoms with Crippen molar-refractivity contribution in [2.45, 2.75) is 13.8 Å². The van der Waals surface area contributed by atoms with Crippen LogP contribution in [0.25, 0.3) is 38.6 Å². The lowest BCUT2D eigenvalue weighted by molar-refractivity contribution is 1.18. The predicted molar refractivity (Wildman–Crippen MR) is 120 cm³/mol. The smallest absolute Gasteiger partial charge is 0.0992 e. The van der Waals surface area contributed by atoms with Gasteiger partial charge in [-0.1, -0.05) is 59.7 Å². The highest BCUT2D eigenvalue weighted by Gasteiger charge is 2.16. The molecule has 0 spiro atoms. The summed E-state index contributed by atoms with van der Waals surface area (Å²) >= 11 is 0. The highest BCUT2D eigenvalue weighted by Crippen LogP contribution is 2.37. The van der Waals surface area contributed by atoms with Gasteiger partial charge in [0.2, 0.25) is 0 Å². The molecule has 0 radical (unpaired) electrons. The minimum atomic E-state index is 0.661. The Morgan fingerprint density at radius 1 is 0.690 bits per heavy atom. The Kier molecular flexibility index (Phi) is 3.96. The Morgan fingerprint density at radius 2 is 1.31 bits per heavy atom. The van der Waals surface area contributed by atoms with E-state index >= 15 is 0 Å². The highest BCUT2D eigenvalue weighted by atomic mass is 15.0. The van der Waals surface area contributed by atoms with E-state index in [-0.39, 0.29) is 0 Å². The molecule has 5 aromatic rings. The summed E-state index contributed by atoms with van der Waals surface area (Å²) in [7, 11) is 0. The van der Waals surface area contributed by atoms with Gasteiger partial charge in [0.05, 0.1) is 28.4 Å². The fourth-order valence-electron chi connectivity index (χ4n) is 4.16. The van der Waals surface area contributed by atoms with Gasteiger partial charge in [0.15, 0.2) is 0 Å². The molecule has 4 aromatic carbocycles. The van der Waals surface area contributed by atoms with Crippen molar-refractivity contribution in [1.29, 1.82) is 5.26 Å². The van der Waals surface area contributed by atoms with Crippen LogP contribution in [0, 0.1) is 25.2 Å². The van der Waals surface area contributed by atoms with Gasteiger partial charge in [0.1, 0.15) is 0 Å². The van der Waals surface area contributed by atoms with Crippen LogP contribution in [0.3, 0.4) is 0 Å². The molecule has 0 aliphatic carbocycles. The van der Waals surface area contributed by atoms with Gasteiger partial charge >= 0.3 is 0 Å². The molecule has 0 N–H and O–H groups in total. The van der Waals surface area contributed by atoms with Gasteiger partial charge in [0, 0.05) is 16.3 Å². The minimum absolute atomic E-state index is 0.661. The molecule has 2 heteroatoms. The van der Waals surface area contributed by atoms with Crippen LogP contribution >= 0.6 is 0 Å². The molecule has 1 heterocycles. The SMILES string of the molecule is Cc1ccc2c(c1)c1cc(C)ccc1n2-c1cc(C#N)ccc1-c1ccccc1. The summed E-state index contributed by atoms with van der Waals surface area (Å²) in [5.74, 6) is 0. The predicted octanol–water partition coefficient (Wildman–Crippen LogP) is 6.94. The van der Waals surface area contributed by atoms with Gasteiger partial charge in [-0.05, 0) is 55.8 Å². The number of nitrogens with zero attached hydrogens (tertiary/aromatic N) is 2. The van der Waals surface area contributed by atoms with Gasteiger partial charge in [0.25, 0.3) is 0 Å². The van der Waals surface area contributed by atoms with Crippen LogP contribution in [0.1, 0.15) is 16.7 Å². The second kappa shape index (κ2) is 6.65. The van der Waals surface area contributed by atoms with Crippen LogP contribution < -0.4 is 0 Å². The lowest BCUT2D eigenvalue weighted by Gasteiger charge is -2.14. The van der Waals surface area contributed by atoms with Gasteiger partial charge in [-0.25, -0.2) is 0 Å². The van der Waals surface area contributed by atoms with Gasteiger partial charge in [-0.3, -0.25) is 0 Å². The minimum Gasteiger partial charge on any atom is -0.309 e. The molecule has 1 aromatic heterocycles. The van der Waals surface area contributed by atoms with E-state index in [1.807, 2.05) is 18.2 Å². The van der Waals surface area contributed by atoms with Crippen molar-refractivity contribution >= 4 is 21.8 Å². The zero-order valence-corrected chi connectivity index (χ0v) is 16.5. The third-order valence-corrected chi connectivity index (χ3v) is 5.53. The molecule has 0 fully saturated rings. The molecule has 0 saturated carbocycles. The largest absolute Gasteiger partial charge is 0.309 e. The lowest BCUT2D eigenvalue weighted by Crippen LogP contribution is -1.98. The summed E-state index contributed by atoms with van der Waals surface area (Å²) in [6.07, 6.45) is 0. The summed E-state index contributed by atoms with van der Waals surface area (Å²) in [4.78, 5) is 0. The first-order valence-electron chi connectivity index (χ1n) is 9.77. The summed E-state index contributed by atoms with van der Waals surface area (Å²) in [5.41, 5.74) is 8.74. The van der Waals surface area contributed by atoms with Gasteiger partial charge in [-0.15, -0.1) is 0 Å². The van der Waals surface area contributed by atoms with Crippen LogP contribution in [0.15, 0.2) is 84.9 Å². The monoisotopic (exact) mass is 372 g/mol. The topological polar surface area (TPSA) is 28.7 Å². The molecule has 0 atom stereocenters. The molecule has 0 unspecified atom stereocenters. The number of hydrogen-bond donors (Lipinski definition) is 0. The van der Waals surface area contributed by atoms with E-state index in [2.05, 4.69) is 91.2 Å². The Bertz CT molecular complexity index is 1360. The van der Waals surface area contributed by atoms with E-state index in [0.717, 1.165) is 27.8 Å². The Morgan fingerprint density at radius 3 is 1.90 bits per heavy atom. The van der Waals surface area contributed by atoms with Gasteiger partial charge < -0.3 is 4.57 Å². The van der Waals surface area contributed by atoms with E-state index in [4.69, 9.17) is 0 Å². The van der Waals surface area contributed by atoms with Gasteiger partial charge in [-0.2, -0.15) is 5.26 Å². The number of aromatic nitrogens is 1. The van der Waals surface area contributed by atoms with Crippen LogP contribution in [-0.2, 0) is 0 Å². The molecule has 0 bridgehead atoms. The van der Waals surface area contributed by atoms with Crippen molar-refractivity contribution in [3.8, 4) is 22.9 Å². The second-order valence-electron chi connectivity index (χ2n) is 7.59. The van der Waals surface area contributed by atoms with Crippen LogP contribution in [0.4, 0.5) is 0 Å². The zero-order valence-electron chi connectivity index (χ0n) is 16.5. The fraction of sp³-hybridized carbons (Fsp3) is 0.0741. The quantitative estimate of drug-likeness (QED) is 0.330. The van der Waals surface area contributed by atoms with Crippen LogP contribution in [-0.4, -0.2) is 4.57 Å². The molecule has 0 saturated heterocycles. The second-order valence-corrected chi connectivity index (χ2v) is 7.59. The van der Waals surface area contributed by atoms with E-state index in [1.165, 1.54) is 21.9 Å². The number of nitriles is 1. The Balaban J connectivity index is 1.95. The molecular weight excluding hydrogens is 352 g/mol. The molecule has 0 aliphatic heterocycles. The average molecular weight is 372 g/mol. The Hall–Kier alpha value is -3.83. The van der Waals surface area contributed by atoms with E-state index in [1.54, 1.807) is 0 Å².